The molecular formula is C15H19F4N3O2. The van der Waals surface area contributed by atoms with E-state index in [4.69, 9.17) is 4.74 Å². The zero-order valence-corrected chi connectivity index (χ0v) is 13.2. The summed E-state index contributed by atoms with van der Waals surface area (Å²) in [5, 5.41) is 2.22. The fourth-order valence-corrected chi connectivity index (χ4v) is 2.44. The number of carbonyl (C=O) groups is 1. The number of anilines is 1. The predicted octanol–water partition coefficient (Wildman–Crippen LogP) is 2.64. The number of alkyl halides is 3. The minimum absolute atomic E-state index is 0.413. The van der Waals surface area contributed by atoms with E-state index in [1.165, 1.54) is 4.90 Å². The Kier molecular flexibility index (Phi) is 6.00. The van der Waals surface area contributed by atoms with Gasteiger partial charge in [-0.3, -0.25) is 4.90 Å². The van der Waals surface area contributed by atoms with E-state index in [0.29, 0.717) is 38.9 Å². The van der Waals surface area contributed by atoms with Crippen LogP contribution in [0.4, 0.5) is 28.0 Å². The van der Waals surface area contributed by atoms with Crippen molar-refractivity contribution in [2.24, 2.45) is 0 Å². The number of nitrogens with one attached hydrogen (secondary N) is 1. The van der Waals surface area contributed by atoms with Crippen molar-refractivity contribution in [3.05, 3.63) is 29.6 Å². The molecule has 9 heteroatoms. The molecule has 0 atom stereocenters. The highest BCUT2D eigenvalue weighted by atomic mass is 19.4. The molecule has 0 aliphatic carbocycles. The average Bonchev–Trinajstić information content (AvgIpc) is 2.54. The van der Waals surface area contributed by atoms with Crippen LogP contribution in [-0.4, -0.2) is 62.3 Å². The van der Waals surface area contributed by atoms with E-state index < -0.39 is 29.3 Å². The summed E-state index contributed by atoms with van der Waals surface area (Å²) in [7, 11) is 1.60. The maximum atomic E-state index is 13.9. The number of nitrogens with zero attached hydrogens (tertiary/aromatic N) is 2. The molecule has 24 heavy (non-hydrogen) atoms. The van der Waals surface area contributed by atoms with E-state index in [9.17, 15) is 22.4 Å². The first-order valence-electron chi connectivity index (χ1n) is 7.46. The molecule has 1 fully saturated rings. The van der Waals surface area contributed by atoms with Gasteiger partial charge in [-0.05, 0) is 12.1 Å². The number of methoxy groups -OCH3 is 1. The summed E-state index contributed by atoms with van der Waals surface area (Å²) >= 11 is 0. The van der Waals surface area contributed by atoms with E-state index in [0.717, 1.165) is 18.7 Å². The zero-order valence-electron chi connectivity index (χ0n) is 13.2. The Balaban J connectivity index is 1.96. The van der Waals surface area contributed by atoms with Crippen LogP contribution in [0.15, 0.2) is 18.2 Å². The van der Waals surface area contributed by atoms with Crippen LogP contribution >= 0.6 is 0 Å². The standard InChI is InChI=1S/C15H19F4N3O2/c1-24-10-9-21-5-7-22(8-6-21)14(23)20-12-4-2-3-11(13(12)16)15(17,18)19/h2-4H,5-10H2,1H3,(H,20,23). The van der Waals surface area contributed by atoms with Gasteiger partial charge in [-0.2, -0.15) is 13.2 Å². The highest BCUT2D eigenvalue weighted by Gasteiger charge is 2.35. The van der Waals surface area contributed by atoms with E-state index >= 15 is 0 Å². The summed E-state index contributed by atoms with van der Waals surface area (Å²) in [6.07, 6.45) is -4.81. The molecular weight excluding hydrogens is 330 g/mol. The highest BCUT2D eigenvalue weighted by molar-refractivity contribution is 5.89. The first-order chi connectivity index (χ1) is 11.3. The molecule has 1 aliphatic rings. The third-order valence-corrected chi connectivity index (χ3v) is 3.82. The summed E-state index contributed by atoms with van der Waals surface area (Å²) in [6.45, 7) is 3.41. The average molecular weight is 349 g/mol. The predicted molar refractivity (Wildman–Crippen MR) is 80.3 cm³/mol. The monoisotopic (exact) mass is 349 g/mol. The quantitative estimate of drug-likeness (QED) is 0.850. The van der Waals surface area contributed by atoms with Crippen molar-refractivity contribution in [2.75, 3.05) is 51.8 Å². The molecule has 5 nitrogen and oxygen atoms in total. The molecule has 1 N–H and O–H groups in total. The second-order valence-corrected chi connectivity index (χ2v) is 5.42. The Morgan fingerprint density at radius 2 is 1.92 bits per heavy atom. The molecule has 0 bridgehead atoms. The highest BCUT2D eigenvalue weighted by Crippen LogP contribution is 2.33. The van der Waals surface area contributed by atoms with Gasteiger partial charge in [-0.15, -0.1) is 0 Å². The Morgan fingerprint density at radius 3 is 2.50 bits per heavy atom. The number of ether oxygens (including phenoxy) is 1. The molecule has 0 saturated carbocycles. The van der Waals surface area contributed by atoms with Crippen LogP contribution in [0.3, 0.4) is 0 Å². The number of carbonyl (C=O) groups excluding carboxylic acids is 1. The first-order valence-corrected chi connectivity index (χ1v) is 7.46. The van der Waals surface area contributed by atoms with Gasteiger partial charge >= 0.3 is 12.2 Å². The number of hydrogen-bond donors (Lipinski definition) is 1. The second kappa shape index (κ2) is 7.80. The number of benzene rings is 1. The summed E-state index contributed by atoms with van der Waals surface area (Å²) < 4.78 is 57.0. The fourth-order valence-electron chi connectivity index (χ4n) is 2.44. The normalized spacial score (nSPS) is 16.3. The van der Waals surface area contributed by atoms with Gasteiger partial charge in [0.05, 0.1) is 17.9 Å². The van der Waals surface area contributed by atoms with Gasteiger partial charge in [0, 0.05) is 39.8 Å². The molecule has 0 radical (unpaired) electrons. The van der Waals surface area contributed by atoms with Crippen LogP contribution < -0.4 is 5.32 Å². The SMILES string of the molecule is COCCN1CCN(C(=O)Nc2cccc(C(F)(F)F)c2F)CC1. The number of amides is 2. The maximum Gasteiger partial charge on any atom is 0.419 e. The first kappa shape index (κ1) is 18.5. The Labute approximate surface area is 137 Å². The number of halogens is 4. The number of rotatable bonds is 4. The Hall–Kier alpha value is -1.87. The Bertz CT molecular complexity index is 572. The summed E-state index contributed by atoms with van der Waals surface area (Å²) in [6, 6.07) is 2.20. The van der Waals surface area contributed by atoms with Crippen molar-refractivity contribution in [3.63, 3.8) is 0 Å². The lowest BCUT2D eigenvalue weighted by molar-refractivity contribution is -0.139. The van der Waals surface area contributed by atoms with Crippen molar-refractivity contribution in [3.8, 4) is 0 Å². The van der Waals surface area contributed by atoms with E-state index in [1.807, 2.05) is 0 Å². The number of piperazine rings is 1. The van der Waals surface area contributed by atoms with Crippen molar-refractivity contribution in [2.45, 2.75) is 6.18 Å². The van der Waals surface area contributed by atoms with Crippen molar-refractivity contribution >= 4 is 11.7 Å². The lowest BCUT2D eigenvalue weighted by Gasteiger charge is -2.34. The molecule has 134 valence electrons. The van der Waals surface area contributed by atoms with Crippen LogP contribution in [0, 0.1) is 5.82 Å². The molecule has 0 unspecified atom stereocenters. The molecule has 0 aromatic heterocycles. The van der Waals surface area contributed by atoms with Gasteiger partial charge in [0.2, 0.25) is 0 Å². The largest absolute Gasteiger partial charge is 0.419 e. The smallest absolute Gasteiger partial charge is 0.383 e. The number of hydrogen-bond acceptors (Lipinski definition) is 3. The molecule has 1 heterocycles. The topological polar surface area (TPSA) is 44.8 Å². The van der Waals surface area contributed by atoms with Gasteiger partial charge in [0.15, 0.2) is 5.82 Å². The van der Waals surface area contributed by atoms with Gasteiger partial charge in [-0.1, -0.05) is 6.07 Å². The van der Waals surface area contributed by atoms with Gasteiger partial charge in [-0.25, -0.2) is 9.18 Å². The van der Waals surface area contributed by atoms with Crippen LogP contribution in [0.1, 0.15) is 5.56 Å². The minimum Gasteiger partial charge on any atom is -0.383 e. The van der Waals surface area contributed by atoms with Crippen LogP contribution in [-0.2, 0) is 10.9 Å². The molecule has 1 aromatic carbocycles. The summed E-state index contributed by atoms with van der Waals surface area (Å²) in [5.74, 6) is -1.47. The second-order valence-electron chi connectivity index (χ2n) is 5.42. The fraction of sp³-hybridized carbons (Fsp3) is 0.533. The summed E-state index contributed by atoms with van der Waals surface area (Å²) in [4.78, 5) is 15.7. The minimum atomic E-state index is -4.81. The van der Waals surface area contributed by atoms with E-state index in [1.54, 1.807) is 7.11 Å². The number of urea groups is 1. The van der Waals surface area contributed by atoms with Gasteiger partial charge in [0.25, 0.3) is 0 Å². The third-order valence-electron chi connectivity index (χ3n) is 3.82. The van der Waals surface area contributed by atoms with E-state index in [-0.39, 0.29) is 0 Å². The molecule has 2 rings (SSSR count). The maximum absolute atomic E-state index is 13.9. The zero-order chi connectivity index (χ0) is 17.7. The molecule has 2 amide bonds. The molecule has 0 spiro atoms. The van der Waals surface area contributed by atoms with Crippen LogP contribution in [0.5, 0.6) is 0 Å². The third kappa shape index (κ3) is 4.57. The van der Waals surface area contributed by atoms with Crippen molar-refractivity contribution in [1.82, 2.24) is 9.80 Å². The summed E-state index contributed by atoms with van der Waals surface area (Å²) in [5.41, 5.74) is -1.87. The van der Waals surface area contributed by atoms with Crippen molar-refractivity contribution in [1.29, 1.82) is 0 Å². The Morgan fingerprint density at radius 1 is 1.25 bits per heavy atom. The molecule has 1 aromatic rings. The van der Waals surface area contributed by atoms with Crippen LogP contribution in [0.2, 0.25) is 0 Å². The van der Waals surface area contributed by atoms with Gasteiger partial charge < -0.3 is 15.0 Å². The lowest BCUT2D eigenvalue weighted by Crippen LogP contribution is -2.50. The van der Waals surface area contributed by atoms with E-state index in [2.05, 4.69) is 10.2 Å². The molecule has 1 aliphatic heterocycles. The van der Waals surface area contributed by atoms with Gasteiger partial charge in [0.1, 0.15) is 0 Å². The van der Waals surface area contributed by atoms with Crippen LogP contribution in [0.25, 0.3) is 0 Å². The molecule has 1 saturated heterocycles. The lowest BCUT2D eigenvalue weighted by atomic mass is 10.2. The van der Waals surface area contributed by atoms with Crippen molar-refractivity contribution < 1.29 is 27.1 Å².